The van der Waals surface area contributed by atoms with E-state index in [1.165, 1.54) is 11.8 Å². The number of amides is 2. The number of benzene rings is 2. The Labute approximate surface area is 190 Å². The quantitative estimate of drug-likeness (QED) is 0.528. The highest BCUT2D eigenvalue weighted by Gasteiger charge is 2.28. The molecule has 0 radical (unpaired) electrons. The highest BCUT2D eigenvalue weighted by molar-refractivity contribution is 7.99. The van der Waals surface area contributed by atoms with Crippen molar-refractivity contribution in [3.8, 4) is 0 Å². The fraction of sp³-hybridized carbons (Fsp3) is 0.333. The minimum absolute atomic E-state index is 0.126. The summed E-state index contributed by atoms with van der Waals surface area (Å²) in [5.41, 5.74) is 1.78. The minimum Gasteiger partial charge on any atom is -0.357 e. The summed E-state index contributed by atoms with van der Waals surface area (Å²) in [6, 6.07) is 12.1. The molecular weight excluding hydrogens is 451 g/mol. The standard InChI is InChI=1S/C21H23Cl3N2O2S/c1-3-19(21(28)25-2)26(11-15-7-8-17(23)10-18(15)24)20(27)13-29-12-14-5-4-6-16(22)9-14/h4-10,19H,3,11-13H2,1-2H3,(H,25,28). The molecule has 2 aromatic carbocycles. The molecule has 0 aliphatic heterocycles. The van der Waals surface area contributed by atoms with Gasteiger partial charge in [0.25, 0.3) is 0 Å². The van der Waals surface area contributed by atoms with E-state index in [2.05, 4.69) is 5.32 Å². The molecule has 0 bridgehead atoms. The van der Waals surface area contributed by atoms with Crippen molar-refractivity contribution in [3.63, 3.8) is 0 Å². The fourth-order valence-corrected chi connectivity index (χ4v) is 4.42. The normalized spacial score (nSPS) is 11.8. The number of nitrogens with zero attached hydrogens (tertiary/aromatic N) is 1. The lowest BCUT2D eigenvalue weighted by molar-refractivity contribution is -0.139. The largest absolute Gasteiger partial charge is 0.357 e. The summed E-state index contributed by atoms with van der Waals surface area (Å²) in [5, 5.41) is 4.29. The van der Waals surface area contributed by atoms with E-state index in [1.54, 1.807) is 30.1 Å². The minimum atomic E-state index is -0.578. The maximum absolute atomic E-state index is 13.0. The predicted octanol–water partition coefficient (Wildman–Crippen LogP) is 5.43. The molecule has 0 fully saturated rings. The van der Waals surface area contributed by atoms with Crippen LogP contribution >= 0.6 is 46.6 Å². The molecule has 2 rings (SSSR count). The number of carbonyl (C=O) groups is 2. The lowest BCUT2D eigenvalue weighted by atomic mass is 10.1. The Bertz CT molecular complexity index is 864. The molecular formula is C21H23Cl3N2O2S. The third-order valence-electron chi connectivity index (χ3n) is 4.37. The zero-order chi connectivity index (χ0) is 21.4. The van der Waals surface area contributed by atoms with Crippen molar-refractivity contribution in [3.05, 3.63) is 68.7 Å². The van der Waals surface area contributed by atoms with Crippen LogP contribution in [0.1, 0.15) is 24.5 Å². The van der Waals surface area contributed by atoms with Crippen LogP contribution in [-0.2, 0) is 21.9 Å². The number of carbonyl (C=O) groups excluding carboxylic acids is 2. The number of thioether (sulfide) groups is 1. The molecule has 1 atom stereocenters. The Morgan fingerprint density at radius 1 is 1.10 bits per heavy atom. The first kappa shape index (κ1) is 23.9. The van der Waals surface area contributed by atoms with Gasteiger partial charge >= 0.3 is 0 Å². The second-order valence-corrected chi connectivity index (χ2v) is 8.68. The van der Waals surface area contributed by atoms with E-state index in [4.69, 9.17) is 34.8 Å². The molecule has 0 aliphatic rings. The van der Waals surface area contributed by atoms with Crippen LogP contribution in [0.2, 0.25) is 15.1 Å². The van der Waals surface area contributed by atoms with E-state index in [0.717, 1.165) is 11.1 Å². The van der Waals surface area contributed by atoms with Crippen molar-refractivity contribution in [2.45, 2.75) is 31.7 Å². The Balaban J connectivity index is 2.14. The average molecular weight is 474 g/mol. The average Bonchev–Trinajstić information content (AvgIpc) is 2.69. The monoisotopic (exact) mass is 472 g/mol. The Morgan fingerprint density at radius 3 is 2.45 bits per heavy atom. The molecule has 0 heterocycles. The van der Waals surface area contributed by atoms with Gasteiger partial charge in [-0.05, 0) is 41.8 Å². The van der Waals surface area contributed by atoms with E-state index >= 15 is 0 Å². The molecule has 2 aromatic rings. The van der Waals surface area contributed by atoms with Crippen LogP contribution in [0.25, 0.3) is 0 Å². The maximum atomic E-state index is 13.0. The van der Waals surface area contributed by atoms with Crippen LogP contribution in [0.4, 0.5) is 0 Å². The van der Waals surface area contributed by atoms with Gasteiger partial charge in [-0.15, -0.1) is 11.8 Å². The number of nitrogens with one attached hydrogen (secondary N) is 1. The highest BCUT2D eigenvalue weighted by atomic mass is 35.5. The van der Waals surface area contributed by atoms with E-state index in [1.807, 2.05) is 31.2 Å². The maximum Gasteiger partial charge on any atom is 0.242 e. The second-order valence-electron chi connectivity index (χ2n) is 6.42. The first-order valence-corrected chi connectivity index (χ1v) is 11.4. The number of halogens is 3. The van der Waals surface area contributed by atoms with Crippen LogP contribution < -0.4 is 5.32 Å². The van der Waals surface area contributed by atoms with Gasteiger partial charge in [0.15, 0.2) is 0 Å². The van der Waals surface area contributed by atoms with E-state index in [9.17, 15) is 9.59 Å². The molecule has 0 aromatic heterocycles. The van der Waals surface area contributed by atoms with Gasteiger partial charge in [-0.3, -0.25) is 9.59 Å². The molecule has 8 heteroatoms. The molecule has 156 valence electrons. The van der Waals surface area contributed by atoms with Crippen LogP contribution in [0.3, 0.4) is 0 Å². The van der Waals surface area contributed by atoms with Gasteiger partial charge in [0.2, 0.25) is 11.8 Å². The van der Waals surface area contributed by atoms with E-state index < -0.39 is 6.04 Å². The van der Waals surface area contributed by atoms with Gasteiger partial charge < -0.3 is 10.2 Å². The Morgan fingerprint density at radius 2 is 1.83 bits per heavy atom. The first-order valence-electron chi connectivity index (χ1n) is 9.12. The topological polar surface area (TPSA) is 49.4 Å². The summed E-state index contributed by atoms with van der Waals surface area (Å²) < 4.78 is 0. The van der Waals surface area contributed by atoms with Gasteiger partial charge in [0.1, 0.15) is 6.04 Å². The zero-order valence-electron chi connectivity index (χ0n) is 16.3. The number of hydrogen-bond donors (Lipinski definition) is 1. The number of likely N-dealkylation sites (N-methyl/N-ethyl adjacent to an activating group) is 1. The smallest absolute Gasteiger partial charge is 0.242 e. The van der Waals surface area contributed by atoms with Gasteiger partial charge in [0.05, 0.1) is 5.75 Å². The second kappa shape index (κ2) is 11.7. The summed E-state index contributed by atoms with van der Waals surface area (Å²) in [6.45, 7) is 2.11. The summed E-state index contributed by atoms with van der Waals surface area (Å²) in [5.74, 6) is 0.563. The molecule has 4 nitrogen and oxygen atoms in total. The molecule has 29 heavy (non-hydrogen) atoms. The van der Waals surface area contributed by atoms with Crippen LogP contribution in [0, 0.1) is 0 Å². The van der Waals surface area contributed by atoms with Crippen molar-refractivity contribution >= 4 is 58.4 Å². The number of hydrogen-bond acceptors (Lipinski definition) is 3. The van der Waals surface area contributed by atoms with Gasteiger partial charge in [-0.1, -0.05) is 59.9 Å². The SMILES string of the molecule is CCC(C(=O)NC)N(Cc1ccc(Cl)cc1Cl)C(=O)CSCc1cccc(Cl)c1. The number of rotatable bonds is 9. The van der Waals surface area contributed by atoms with Gasteiger partial charge in [-0.2, -0.15) is 0 Å². The summed E-state index contributed by atoms with van der Waals surface area (Å²) >= 11 is 19.8. The van der Waals surface area contributed by atoms with Gasteiger partial charge in [-0.25, -0.2) is 0 Å². The molecule has 1 unspecified atom stereocenters. The summed E-state index contributed by atoms with van der Waals surface area (Å²) in [6.07, 6.45) is 0.496. The lowest BCUT2D eigenvalue weighted by Gasteiger charge is -2.30. The van der Waals surface area contributed by atoms with Crippen molar-refractivity contribution < 1.29 is 9.59 Å². The molecule has 2 amide bonds. The van der Waals surface area contributed by atoms with E-state index in [-0.39, 0.29) is 24.1 Å². The van der Waals surface area contributed by atoms with Crippen LogP contribution in [0.15, 0.2) is 42.5 Å². The third-order valence-corrected chi connectivity index (χ3v) is 6.18. The molecule has 0 saturated carbocycles. The molecule has 0 spiro atoms. The molecule has 1 N–H and O–H groups in total. The first-order chi connectivity index (χ1) is 13.8. The lowest BCUT2D eigenvalue weighted by Crippen LogP contribution is -2.48. The fourth-order valence-electron chi connectivity index (χ4n) is 2.89. The van der Waals surface area contributed by atoms with Crippen molar-refractivity contribution in [1.29, 1.82) is 0 Å². The molecule has 0 saturated heterocycles. The van der Waals surface area contributed by atoms with Crippen molar-refractivity contribution in [1.82, 2.24) is 10.2 Å². The Hall–Kier alpha value is -1.40. The van der Waals surface area contributed by atoms with Crippen molar-refractivity contribution in [2.75, 3.05) is 12.8 Å². The van der Waals surface area contributed by atoms with Crippen molar-refractivity contribution in [2.24, 2.45) is 0 Å². The van der Waals surface area contributed by atoms with Crippen LogP contribution in [-0.4, -0.2) is 35.6 Å². The zero-order valence-corrected chi connectivity index (χ0v) is 19.3. The predicted molar refractivity (Wildman–Crippen MR) is 123 cm³/mol. The van der Waals surface area contributed by atoms with Gasteiger partial charge in [0, 0.05) is 34.4 Å². The molecule has 0 aliphatic carbocycles. The van der Waals surface area contributed by atoms with E-state index in [0.29, 0.717) is 27.2 Å². The van der Waals surface area contributed by atoms with Crippen LogP contribution in [0.5, 0.6) is 0 Å². The summed E-state index contributed by atoms with van der Waals surface area (Å²) in [7, 11) is 1.57. The highest BCUT2D eigenvalue weighted by Crippen LogP contribution is 2.24. The summed E-state index contributed by atoms with van der Waals surface area (Å²) in [4.78, 5) is 27.0. The third kappa shape index (κ3) is 7.10. The Kier molecular flexibility index (Phi) is 9.63.